The first-order chi connectivity index (χ1) is 10.1. The van der Waals surface area contributed by atoms with Crippen LogP contribution in [0.4, 0.5) is 5.69 Å². The van der Waals surface area contributed by atoms with Gasteiger partial charge in [-0.3, -0.25) is 4.79 Å². The highest BCUT2D eigenvalue weighted by Gasteiger charge is 2.13. The maximum absolute atomic E-state index is 12.0. The van der Waals surface area contributed by atoms with Crippen molar-refractivity contribution in [3.05, 3.63) is 65.9 Å². The van der Waals surface area contributed by atoms with E-state index in [-0.39, 0.29) is 5.91 Å². The third-order valence-corrected chi connectivity index (χ3v) is 3.64. The molecule has 0 aliphatic heterocycles. The number of aryl methyl sites for hydroxylation is 1. The van der Waals surface area contributed by atoms with E-state index in [0.29, 0.717) is 6.54 Å². The third-order valence-electron chi connectivity index (χ3n) is 3.64. The SMILES string of the molecule is CC(=O)N(Cc1cc2ccccc2[nH]1)c1ccc(C)cc1. The smallest absolute Gasteiger partial charge is 0.224 e. The Morgan fingerprint density at radius 3 is 2.48 bits per heavy atom. The van der Waals surface area contributed by atoms with Gasteiger partial charge in [-0.1, -0.05) is 35.9 Å². The summed E-state index contributed by atoms with van der Waals surface area (Å²) in [6.07, 6.45) is 0. The van der Waals surface area contributed by atoms with E-state index in [1.807, 2.05) is 49.4 Å². The molecule has 3 nitrogen and oxygen atoms in total. The summed E-state index contributed by atoms with van der Waals surface area (Å²) in [4.78, 5) is 17.1. The lowest BCUT2D eigenvalue weighted by atomic mass is 10.2. The first kappa shape index (κ1) is 13.4. The molecule has 0 unspecified atom stereocenters. The highest BCUT2D eigenvalue weighted by Crippen LogP contribution is 2.20. The number of anilines is 1. The number of carbonyl (C=O) groups excluding carboxylic acids is 1. The van der Waals surface area contributed by atoms with Gasteiger partial charge in [0, 0.05) is 23.8 Å². The number of hydrogen-bond donors (Lipinski definition) is 1. The lowest BCUT2D eigenvalue weighted by molar-refractivity contribution is -0.116. The van der Waals surface area contributed by atoms with Gasteiger partial charge in [0.15, 0.2) is 0 Å². The van der Waals surface area contributed by atoms with E-state index in [0.717, 1.165) is 16.9 Å². The van der Waals surface area contributed by atoms with Crippen molar-refractivity contribution in [1.29, 1.82) is 0 Å². The zero-order valence-corrected chi connectivity index (χ0v) is 12.3. The molecule has 2 aromatic carbocycles. The molecule has 3 rings (SSSR count). The van der Waals surface area contributed by atoms with E-state index in [9.17, 15) is 4.79 Å². The van der Waals surface area contributed by atoms with Gasteiger partial charge in [0.05, 0.1) is 6.54 Å². The van der Waals surface area contributed by atoms with Crippen molar-refractivity contribution >= 4 is 22.5 Å². The summed E-state index contributed by atoms with van der Waals surface area (Å²) < 4.78 is 0. The van der Waals surface area contributed by atoms with Gasteiger partial charge >= 0.3 is 0 Å². The first-order valence-electron chi connectivity index (χ1n) is 7.05. The van der Waals surface area contributed by atoms with Gasteiger partial charge in [-0.2, -0.15) is 0 Å². The average molecular weight is 278 g/mol. The van der Waals surface area contributed by atoms with Crippen LogP contribution in [0.5, 0.6) is 0 Å². The average Bonchev–Trinajstić information content (AvgIpc) is 2.88. The Bertz CT molecular complexity index is 738. The van der Waals surface area contributed by atoms with Crippen LogP contribution >= 0.6 is 0 Å². The molecular formula is C18H18N2O. The van der Waals surface area contributed by atoms with Crippen LogP contribution in [0.15, 0.2) is 54.6 Å². The number of aromatic amines is 1. The molecule has 0 fully saturated rings. The summed E-state index contributed by atoms with van der Waals surface area (Å²) in [5.41, 5.74) is 4.24. The second kappa shape index (κ2) is 5.44. The second-order valence-corrected chi connectivity index (χ2v) is 5.32. The van der Waals surface area contributed by atoms with Crippen LogP contribution in [-0.4, -0.2) is 10.9 Å². The van der Waals surface area contributed by atoms with Crippen LogP contribution in [0.2, 0.25) is 0 Å². The van der Waals surface area contributed by atoms with Crippen molar-refractivity contribution in [2.75, 3.05) is 4.90 Å². The van der Waals surface area contributed by atoms with Crippen LogP contribution < -0.4 is 4.90 Å². The number of benzene rings is 2. The van der Waals surface area contributed by atoms with Crippen molar-refractivity contribution in [2.45, 2.75) is 20.4 Å². The first-order valence-corrected chi connectivity index (χ1v) is 7.05. The molecule has 0 aliphatic rings. The van der Waals surface area contributed by atoms with E-state index < -0.39 is 0 Å². The molecule has 0 saturated carbocycles. The van der Waals surface area contributed by atoms with Crippen LogP contribution in [0, 0.1) is 6.92 Å². The molecule has 0 aliphatic carbocycles. The molecule has 1 N–H and O–H groups in total. The van der Waals surface area contributed by atoms with Gasteiger partial charge in [-0.15, -0.1) is 0 Å². The normalized spacial score (nSPS) is 10.8. The summed E-state index contributed by atoms with van der Waals surface area (Å²) in [6.45, 7) is 4.19. The van der Waals surface area contributed by atoms with Crippen molar-refractivity contribution in [3.63, 3.8) is 0 Å². The largest absolute Gasteiger partial charge is 0.357 e. The summed E-state index contributed by atoms with van der Waals surface area (Å²) in [7, 11) is 0. The molecule has 3 aromatic rings. The minimum Gasteiger partial charge on any atom is -0.357 e. The Kier molecular flexibility index (Phi) is 3.48. The number of carbonyl (C=O) groups is 1. The lowest BCUT2D eigenvalue weighted by Crippen LogP contribution is -2.27. The molecule has 21 heavy (non-hydrogen) atoms. The standard InChI is InChI=1S/C18H18N2O/c1-13-7-9-17(10-8-13)20(14(2)21)12-16-11-15-5-3-4-6-18(15)19-16/h3-11,19H,12H2,1-2H3. The second-order valence-electron chi connectivity index (χ2n) is 5.32. The molecule has 0 saturated heterocycles. The minimum absolute atomic E-state index is 0.0394. The molecule has 0 spiro atoms. The number of para-hydroxylation sites is 1. The third kappa shape index (κ3) is 2.82. The van der Waals surface area contributed by atoms with E-state index >= 15 is 0 Å². The highest BCUT2D eigenvalue weighted by atomic mass is 16.2. The van der Waals surface area contributed by atoms with Gasteiger partial charge in [-0.25, -0.2) is 0 Å². The fourth-order valence-corrected chi connectivity index (χ4v) is 2.50. The Morgan fingerprint density at radius 2 is 1.81 bits per heavy atom. The van der Waals surface area contributed by atoms with E-state index in [1.165, 1.54) is 10.9 Å². The molecule has 3 heteroatoms. The van der Waals surface area contributed by atoms with Gasteiger partial charge in [0.25, 0.3) is 0 Å². The summed E-state index contributed by atoms with van der Waals surface area (Å²) in [5, 5.41) is 1.17. The lowest BCUT2D eigenvalue weighted by Gasteiger charge is -2.20. The van der Waals surface area contributed by atoms with Crippen molar-refractivity contribution < 1.29 is 4.79 Å². The number of fused-ring (bicyclic) bond motifs is 1. The Labute approximate surface area is 124 Å². The molecular weight excluding hydrogens is 260 g/mol. The number of hydrogen-bond acceptors (Lipinski definition) is 1. The maximum atomic E-state index is 12.0. The molecule has 1 heterocycles. The minimum atomic E-state index is 0.0394. The fourth-order valence-electron chi connectivity index (χ4n) is 2.50. The summed E-state index contributed by atoms with van der Waals surface area (Å²) >= 11 is 0. The molecule has 1 amide bonds. The predicted octanol–water partition coefficient (Wildman–Crippen LogP) is 4.03. The van der Waals surface area contributed by atoms with E-state index in [1.54, 1.807) is 11.8 Å². The van der Waals surface area contributed by atoms with Crippen LogP contribution in [-0.2, 0) is 11.3 Å². The Balaban J connectivity index is 1.91. The number of H-pyrrole nitrogens is 1. The molecule has 0 atom stereocenters. The molecule has 1 aromatic heterocycles. The van der Waals surface area contributed by atoms with Gasteiger partial charge in [0.2, 0.25) is 5.91 Å². The number of nitrogens with one attached hydrogen (secondary N) is 1. The Morgan fingerprint density at radius 1 is 1.10 bits per heavy atom. The fraction of sp³-hybridized carbons (Fsp3) is 0.167. The van der Waals surface area contributed by atoms with Gasteiger partial charge < -0.3 is 9.88 Å². The molecule has 106 valence electrons. The number of nitrogens with zero attached hydrogens (tertiary/aromatic N) is 1. The van der Waals surface area contributed by atoms with Crippen LogP contribution in [0.3, 0.4) is 0 Å². The number of amides is 1. The summed E-state index contributed by atoms with van der Waals surface area (Å²) in [6, 6.07) is 18.3. The van der Waals surface area contributed by atoms with Crippen molar-refractivity contribution in [3.8, 4) is 0 Å². The van der Waals surface area contributed by atoms with Crippen molar-refractivity contribution in [1.82, 2.24) is 4.98 Å². The highest BCUT2D eigenvalue weighted by molar-refractivity contribution is 5.91. The summed E-state index contributed by atoms with van der Waals surface area (Å²) in [5.74, 6) is 0.0394. The van der Waals surface area contributed by atoms with E-state index in [4.69, 9.17) is 0 Å². The monoisotopic (exact) mass is 278 g/mol. The molecule has 0 bridgehead atoms. The molecule has 0 radical (unpaired) electrons. The quantitative estimate of drug-likeness (QED) is 0.771. The van der Waals surface area contributed by atoms with Crippen molar-refractivity contribution in [2.24, 2.45) is 0 Å². The number of rotatable bonds is 3. The topological polar surface area (TPSA) is 36.1 Å². The predicted molar refractivity (Wildman–Crippen MR) is 86.3 cm³/mol. The van der Waals surface area contributed by atoms with Crippen LogP contribution in [0.25, 0.3) is 10.9 Å². The Hall–Kier alpha value is -2.55. The zero-order valence-electron chi connectivity index (χ0n) is 12.3. The van der Waals surface area contributed by atoms with Crippen LogP contribution in [0.1, 0.15) is 18.2 Å². The van der Waals surface area contributed by atoms with Gasteiger partial charge in [-0.05, 0) is 36.6 Å². The number of aromatic nitrogens is 1. The van der Waals surface area contributed by atoms with Gasteiger partial charge in [0.1, 0.15) is 0 Å². The van der Waals surface area contributed by atoms with E-state index in [2.05, 4.69) is 17.1 Å². The maximum Gasteiger partial charge on any atom is 0.224 e. The zero-order chi connectivity index (χ0) is 14.8.